The fourth-order valence-corrected chi connectivity index (χ4v) is 4.87. The van der Waals surface area contributed by atoms with Gasteiger partial charge in [-0.2, -0.15) is 9.97 Å². The summed E-state index contributed by atoms with van der Waals surface area (Å²) in [7, 11) is -1.32. The predicted molar refractivity (Wildman–Crippen MR) is 113 cm³/mol. The average Bonchev–Trinajstić information content (AvgIpc) is 3.12. The molecule has 2 aromatic heterocycles. The molecule has 4 heterocycles. The van der Waals surface area contributed by atoms with Gasteiger partial charge in [0.15, 0.2) is 17.6 Å². The van der Waals surface area contributed by atoms with Crippen molar-refractivity contribution < 1.29 is 14.1 Å². The Morgan fingerprint density at radius 1 is 1.30 bits per heavy atom. The normalized spacial score (nSPS) is 22.0. The number of aliphatic hydroxyl groups excluding tert-OH is 1. The van der Waals surface area contributed by atoms with Gasteiger partial charge < -0.3 is 20.1 Å². The van der Waals surface area contributed by atoms with Gasteiger partial charge in [0.25, 0.3) is 0 Å². The van der Waals surface area contributed by atoms with Crippen LogP contribution in [-0.4, -0.2) is 60.4 Å². The standard InChI is InChI=1S/C19H21ClN6O3S/c20-13-8-21-15(22-9-13)12-2-6-26(7-3-12)18-23-16(25-19(10-27)4-1-5-19)14-17(24-18)29-11-30(14)28/h2,8-9,27H,1,3-7,10-11H2,(H,23,24,25)/t30-/m0/s1. The Labute approximate surface area is 181 Å². The lowest BCUT2D eigenvalue weighted by molar-refractivity contribution is 0.143. The molecule has 0 radical (unpaired) electrons. The molecular weight excluding hydrogens is 428 g/mol. The molecule has 3 aliphatic rings. The lowest BCUT2D eigenvalue weighted by atomic mass is 9.77. The maximum absolute atomic E-state index is 12.4. The summed E-state index contributed by atoms with van der Waals surface area (Å²) in [6, 6.07) is 0. The summed E-state index contributed by atoms with van der Waals surface area (Å²) in [5.74, 6) is 2.10. The minimum Gasteiger partial charge on any atom is -0.463 e. The Morgan fingerprint density at radius 3 is 2.73 bits per heavy atom. The van der Waals surface area contributed by atoms with Crippen molar-refractivity contribution in [3.8, 4) is 5.88 Å². The van der Waals surface area contributed by atoms with Crippen LogP contribution >= 0.6 is 11.6 Å². The quantitative estimate of drug-likeness (QED) is 0.708. The zero-order valence-electron chi connectivity index (χ0n) is 16.2. The van der Waals surface area contributed by atoms with Crippen molar-refractivity contribution in [1.29, 1.82) is 0 Å². The molecule has 158 valence electrons. The van der Waals surface area contributed by atoms with Crippen molar-refractivity contribution in [2.75, 3.05) is 35.9 Å². The third kappa shape index (κ3) is 3.52. The van der Waals surface area contributed by atoms with Gasteiger partial charge in [-0.15, -0.1) is 0 Å². The lowest BCUT2D eigenvalue weighted by Gasteiger charge is -2.41. The number of hydrogen-bond acceptors (Lipinski definition) is 9. The van der Waals surface area contributed by atoms with Gasteiger partial charge in [-0.05, 0) is 31.3 Å². The fourth-order valence-electron chi connectivity index (χ4n) is 3.83. The van der Waals surface area contributed by atoms with E-state index in [0.717, 1.165) is 31.3 Å². The van der Waals surface area contributed by atoms with Crippen LogP contribution < -0.4 is 15.0 Å². The minimum atomic E-state index is -1.32. The maximum atomic E-state index is 12.4. The molecule has 0 amide bonds. The van der Waals surface area contributed by atoms with Gasteiger partial charge in [-0.3, -0.25) is 4.21 Å². The van der Waals surface area contributed by atoms with Crippen molar-refractivity contribution in [3.63, 3.8) is 0 Å². The number of aromatic nitrogens is 4. The molecule has 1 atom stereocenters. The molecule has 1 aliphatic carbocycles. The molecule has 2 aromatic rings. The molecule has 9 nitrogen and oxygen atoms in total. The van der Waals surface area contributed by atoms with Crippen LogP contribution in [0.3, 0.4) is 0 Å². The van der Waals surface area contributed by atoms with Crippen molar-refractivity contribution in [2.24, 2.45) is 0 Å². The molecule has 5 rings (SSSR count). The summed E-state index contributed by atoms with van der Waals surface area (Å²) >= 11 is 5.87. The van der Waals surface area contributed by atoms with Gasteiger partial charge in [0.1, 0.15) is 15.7 Å². The van der Waals surface area contributed by atoms with Crippen molar-refractivity contribution >= 4 is 39.7 Å². The summed E-state index contributed by atoms with van der Waals surface area (Å²) in [6.07, 6.45) is 8.71. The second kappa shape index (κ2) is 7.75. The molecule has 0 bridgehead atoms. The molecule has 0 unspecified atom stereocenters. The van der Waals surface area contributed by atoms with E-state index in [-0.39, 0.29) is 12.5 Å². The first-order valence-electron chi connectivity index (χ1n) is 9.81. The Balaban J connectivity index is 1.42. The number of ether oxygens (including phenoxy) is 1. The molecule has 1 fully saturated rings. The molecule has 11 heteroatoms. The number of fused-ring (bicyclic) bond motifs is 1. The highest BCUT2D eigenvalue weighted by molar-refractivity contribution is 7.85. The Morgan fingerprint density at radius 2 is 2.10 bits per heavy atom. The van der Waals surface area contributed by atoms with Crippen LogP contribution in [0.2, 0.25) is 5.02 Å². The zero-order chi connectivity index (χ0) is 20.7. The highest BCUT2D eigenvalue weighted by Crippen LogP contribution is 2.40. The average molecular weight is 449 g/mol. The molecule has 0 spiro atoms. The van der Waals surface area contributed by atoms with Crippen LogP contribution in [0, 0.1) is 0 Å². The molecule has 1 saturated carbocycles. The summed E-state index contributed by atoms with van der Waals surface area (Å²) in [5.41, 5.74) is 0.640. The summed E-state index contributed by atoms with van der Waals surface area (Å²) in [5, 5.41) is 13.7. The van der Waals surface area contributed by atoms with E-state index in [1.54, 1.807) is 12.4 Å². The predicted octanol–water partition coefficient (Wildman–Crippen LogP) is 2.00. The molecular formula is C19H21ClN6O3S. The molecule has 2 aliphatic heterocycles. The van der Waals surface area contributed by atoms with Crippen molar-refractivity contribution in [1.82, 2.24) is 19.9 Å². The van der Waals surface area contributed by atoms with E-state index >= 15 is 0 Å². The van der Waals surface area contributed by atoms with E-state index in [1.807, 2.05) is 4.90 Å². The zero-order valence-corrected chi connectivity index (χ0v) is 17.7. The van der Waals surface area contributed by atoms with Crippen LogP contribution in [0.25, 0.3) is 5.57 Å². The molecule has 30 heavy (non-hydrogen) atoms. The fraction of sp³-hybridized carbons (Fsp3) is 0.474. The molecule has 0 aromatic carbocycles. The van der Waals surface area contributed by atoms with E-state index in [1.165, 1.54) is 0 Å². The number of aliphatic hydroxyl groups is 1. The van der Waals surface area contributed by atoms with Crippen molar-refractivity contribution in [3.05, 3.63) is 29.3 Å². The Hall–Kier alpha value is -2.30. The van der Waals surface area contributed by atoms with Gasteiger partial charge in [0, 0.05) is 25.5 Å². The topological polar surface area (TPSA) is 113 Å². The highest BCUT2D eigenvalue weighted by atomic mass is 35.5. The molecule has 0 saturated heterocycles. The summed E-state index contributed by atoms with van der Waals surface area (Å²) in [6.45, 7) is 1.28. The smallest absolute Gasteiger partial charge is 0.238 e. The number of nitrogens with one attached hydrogen (secondary N) is 1. The second-order valence-electron chi connectivity index (χ2n) is 7.68. The highest BCUT2D eigenvalue weighted by Gasteiger charge is 2.39. The van der Waals surface area contributed by atoms with Crippen LogP contribution in [0.15, 0.2) is 23.4 Å². The van der Waals surface area contributed by atoms with E-state index in [9.17, 15) is 9.32 Å². The number of nitrogens with zero attached hydrogens (tertiary/aromatic N) is 5. The van der Waals surface area contributed by atoms with Gasteiger partial charge in [-0.1, -0.05) is 17.7 Å². The third-order valence-electron chi connectivity index (χ3n) is 5.75. The van der Waals surface area contributed by atoms with Crippen LogP contribution in [-0.2, 0) is 10.8 Å². The molecule has 2 N–H and O–H groups in total. The van der Waals surface area contributed by atoms with E-state index < -0.39 is 16.3 Å². The van der Waals surface area contributed by atoms with E-state index in [2.05, 4.69) is 31.3 Å². The number of anilines is 2. The number of hydrogen-bond donors (Lipinski definition) is 2. The van der Waals surface area contributed by atoms with Crippen molar-refractivity contribution in [2.45, 2.75) is 36.1 Å². The van der Waals surface area contributed by atoms with Gasteiger partial charge in [0.05, 0.1) is 17.2 Å². The van der Waals surface area contributed by atoms with E-state index in [0.29, 0.717) is 46.5 Å². The largest absolute Gasteiger partial charge is 0.463 e. The summed E-state index contributed by atoms with van der Waals surface area (Å²) in [4.78, 5) is 20.3. The van der Waals surface area contributed by atoms with Gasteiger partial charge >= 0.3 is 0 Å². The third-order valence-corrected chi connectivity index (χ3v) is 7.10. The lowest BCUT2D eigenvalue weighted by Crippen LogP contribution is -2.48. The van der Waals surface area contributed by atoms with Crippen LogP contribution in [0.1, 0.15) is 31.5 Å². The van der Waals surface area contributed by atoms with Crippen LogP contribution in [0.4, 0.5) is 11.8 Å². The second-order valence-corrected chi connectivity index (χ2v) is 9.45. The first kappa shape index (κ1) is 19.7. The summed E-state index contributed by atoms with van der Waals surface area (Å²) < 4.78 is 18.0. The Kier molecular flexibility index (Phi) is 5.08. The number of halogens is 1. The van der Waals surface area contributed by atoms with Crippen LogP contribution in [0.5, 0.6) is 5.88 Å². The van der Waals surface area contributed by atoms with Gasteiger partial charge in [0.2, 0.25) is 11.8 Å². The first-order valence-corrected chi connectivity index (χ1v) is 11.5. The Bertz CT molecular complexity index is 1020. The maximum Gasteiger partial charge on any atom is 0.238 e. The van der Waals surface area contributed by atoms with E-state index in [4.69, 9.17) is 16.3 Å². The van der Waals surface area contributed by atoms with Gasteiger partial charge in [-0.25, -0.2) is 9.97 Å². The monoisotopic (exact) mass is 448 g/mol. The number of rotatable bonds is 5. The first-order chi connectivity index (χ1) is 14.6. The minimum absolute atomic E-state index is 0.00546. The SMILES string of the molecule is O=[S@]1COc2nc(N3CC=C(c4ncc(Cl)cn4)CC3)nc(NC3(CO)CCC3)c21.